The maximum atomic E-state index is 14.0. The fraction of sp³-hybridized carbons (Fsp3) is 0.130. The van der Waals surface area contributed by atoms with Crippen LogP contribution in [0.1, 0.15) is 27.4 Å². The van der Waals surface area contributed by atoms with E-state index in [2.05, 4.69) is 15.5 Å². The number of fused-ring (bicyclic) bond motifs is 1. The van der Waals surface area contributed by atoms with E-state index in [9.17, 15) is 9.18 Å². The van der Waals surface area contributed by atoms with Gasteiger partial charge in [0, 0.05) is 0 Å². The van der Waals surface area contributed by atoms with Gasteiger partial charge in [-0.25, -0.2) is 4.39 Å². The first-order valence-electron chi connectivity index (χ1n) is 9.48. The maximum Gasteiger partial charge on any atom is 0.255 e. The number of aromatic nitrogens is 2. The smallest absolute Gasteiger partial charge is 0.255 e. The van der Waals surface area contributed by atoms with Crippen LogP contribution < -0.4 is 14.8 Å². The molecule has 0 aliphatic carbocycles. The molecule has 31 heavy (non-hydrogen) atoms. The molecule has 0 saturated carbocycles. The summed E-state index contributed by atoms with van der Waals surface area (Å²) in [6, 6.07) is 11.6. The van der Waals surface area contributed by atoms with E-state index in [1.165, 1.54) is 20.3 Å². The first kappa shape index (κ1) is 20.2. The largest absolute Gasteiger partial charge is 0.495 e. The van der Waals surface area contributed by atoms with E-state index in [4.69, 9.17) is 13.9 Å². The molecule has 0 spiro atoms. The second-order valence-electron chi connectivity index (χ2n) is 6.67. The Labute approximate surface area is 177 Å². The zero-order valence-electron chi connectivity index (χ0n) is 16.9. The van der Waals surface area contributed by atoms with Crippen LogP contribution in [0.4, 0.5) is 4.39 Å². The third kappa shape index (κ3) is 4.13. The Morgan fingerprint density at radius 1 is 1.19 bits per heavy atom. The summed E-state index contributed by atoms with van der Waals surface area (Å²) in [5.41, 5.74) is 2.28. The summed E-state index contributed by atoms with van der Waals surface area (Å²) in [7, 11) is 2.91. The molecule has 158 valence electrons. The van der Waals surface area contributed by atoms with Gasteiger partial charge in [0.25, 0.3) is 5.91 Å². The van der Waals surface area contributed by atoms with Gasteiger partial charge >= 0.3 is 0 Å². The maximum absolute atomic E-state index is 14.0. The minimum atomic E-state index is -0.454. The van der Waals surface area contributed by atoms with Gasteiger partial charge in [-0.05, 0) is 48.0 Å². The van der Waals surface area contributed by atoms with Crippen LogP contribution in [-0.2, 0) is 6.54 Å². The number of carbonyl (C=O) groups excluding carboxylic acids is 1. The van der Waals surface area contributed by atoms with E-state index in [0.717, 1.165) is 0 Å². The quantitative estimate of drug-likeness (QED) is 0.461. The lowest BCUT2D eigenvalue weighted by molar-refractivity contribution is 0.0945. The molecule has 0 unspecified atom stereocenters. The highest BCUT2D eigenvalue weighted by Crippen LogP contribution is 2.32. The number of benzene rings is 2. The Balaban J connectivity index is 1.65. The lowest BCUT2D eigenvalue weighted by atomic mass is 10.1. The Hall–Kier alpha value is -4.07. The van der Waals surface area contributed by atoms with E-state index in [1.54, 1.807) is 54.8 Å². The molecule has 0 atom stereocenters. The highest BCUT2D eigenvalue weighted by molar-refractivity contribution is 6.05. The predicted octanol–water partition coefficient (Wildman–Crippen LogP) is 4.41. The van der Waals surface area contributed by atoms with Crippen LogP contribution in [0.2, 0.25) is 0 Å². The molecule has 2 N–H and O–H groups in total. The number of hydrogen-bond donors (Lipinski definition) is 2. The first-order chi connectivity index (χ1) is 15.1. The van der Waals surface area contributed by atoms with Crippen LogP contribution in [0.5, 0.6) is 11.5 Å². The number of aromatic amines is 1. The summed E-state index contributed by atoms with van der Waals surface area (Å²) < 4.78 is 29.7. The van der Waals surface area contributed by atoms with Crippen molar-refractivity contribution in [2.75, 3.05) is 14.2 Å². The van der Waals surface area contributed by atoms with Crippen molar-refractivity contribution in [3.8, 4) is 11.5 Å². The number of halogens is 1. The number of nitrogens with one attached hydrogen (secondary N) is 2. The van der Waals surface area contributed by atoms with Crippen molar-refractivity contribution in [3.63, 3.8) is 0 Å². The predicted molar refractivity (Wildman–Crippen MR) is 114 cm³/mol. The number of H-pyrrole nitrogens is 1. The number of methoxy groups -OCH3 is 2. The number of nitrogens with zero attached hydrogens (tertiary/aromatic N) is 1. The highest BCUT2D eigenvalue weighted by atomic mass is 19.1. The van der Waals surface area contributed by atoms with E-state index in [1.807, 2.05) is 0 Å². The average molecular weight is 421 g/mol. The Kier molecular flexibility index (Phi) is 5.70. The normalized spacial score (nSPS) is 11.2. The second-order valence-corrected chi connectivity index (χ2v) is 6.67. The molecule has 1 amide bonds. The Morgan fingerprint density at radius 3 is 2.77 bits per heavy atom. The molecule has 7 nitrogen and oxygen atoms in total. The van der Waals surface area contributed by atoms with Crippen LogP contribution in [0.25, 0.3) is 23.1 Å². The number of carbonyl (C=O) groups is 1. The van der Waals surface area contributed by atoms with Crippen LogP contribution in [-0.4, -0.2) is 30.3 Å². The summed E-state index contributed by atoms with van der Waals surface area (Å²) in [5, 5.41) is 10.7. The standard InChI is InChI=1S/C23H20FN3O4/c1-29-20-10-6-14(12-17(20)24)5-8-18-21-19(27-26-18)9-7-16(22(21)30-2)23(28)25-13-15-4-3-11-31-15/h3-12H,13H2,1-2H3,(H,25,28)(H,26,27). The molecule has 0 aliphatic rings. The number of furan rings is 1. The number of ether oxygens (including phenoxy) is 2. The summed E-state index contributed by atoms with van der Waals surface area (Å²) in [6.45, 7) is 0.258. The molecule has 0 saturated heterocycles. The number of hydrogen-bond acceptors (Lipinski definition) is 5. The minimum Gasteiger partial charge on any atom is -0.495 e. The first-order valence-corrected chi connectivity index (χ1v) is 9.48. The van der Waals surface area contributed by atoms with Crippen molar-refractivity contribution in [2.24, 2.45) is 0 Å². The summed E-state index contributed by atoms with van der Waals surface area (Å²) in [5.74, 6) is 0.457. The highest BCUT2D eigenvalue weighted by Gasteiger charge is 2.19. The molecule has 2 aromatic carbocycles. The van der Waals surface area contributed by atoms with Crippen molar-refractivity contribution in [1.29, 1.82) is 0 Å². The molecular formula is C23H20FN3O4. The molecule has 0 aliphatic heterocycles. The van der Waals surface area contributed by atoms with Gasteiger partial charge in [-0.15, -0.1) is 0 Å². The van der Waals surface area contributed by atoms with E-state index < -0.39 is 5.82 Å². The fourth-order valence-corrected chi connectivity index (χ4v) is 3.26. The van der Waals surface area contributed by atoms with Gasteiger partial charge in [0.2, 0.25) is 0 Å². The van der Waals surface area contributed by atoms with Gasteiger partial charge in [-0.1, -0.05) is 12.1 Å². The number of amides is 1. The Morgan fingerprint density at radius 2 is 2.06 bits per heavy atom. The number of rotatable bonds is 7. The molecule has 0 fully saturated rings. The van der Waals surface area contributed by atoms with Crippen molar-refractivity contribution < 1.29 is 23.1 Å². The second kappa shape index (κ2) is 8.74. The van der Waals surface area contributed by atoms with Gasteiger partial charge in [0.05, 0.1) is 49.2 Å². The van der Waals surface area contributed by atoms with Crippen LogP contribution >= 0.6 is 0 Å². The van der Waals surface area contributed by atoms with E-state index >= 15 is 0 Å². The minimum absolute atomic E-state index is 0.175. The summed E-state index contributed by atoms with van der Waals surface area (Å²) in [6.07, 6.45) is 5.00. The van der Waals surface area contributed by atoms with Gasteiger partial charge in [-0.3, -0.25) is 9.89 Å². The van der Waals surface area contributed by atoms with Gasteiger partial charge in [0.15, 0.2) is 11.6 Å². The summed E-state index contributed by atoms with van der Waals surface area (Å²) in [4.78, 5) is 12.7. The van der Waals surface area contributed by atoms with Crippen LogP contribution in [0.3, 0.4) is 0 Å². The van der Waals surface area contributed by atoms with Gasteiger partial charge < -0.3 is 19.2 Å². The average Bonchev–Trinajstić information content (AvgIpc) is 3.45. The van der Waals surface area contributed by atoms with E-state index in [-0.39, 0.29) is 18.2 Å². The van der Waals surface area contributed by atoms with Crippen molar-refractivity contribution in [2.45, 2.75) is 6.54 Å². The molecule has 4 aromatic rings. The molecule has 0 bridgehead atoms. The molecule has 2 aromatic heterocycles. The van der Waals surface area contributed by atoms with E-state index in [0.29, 0.717) is 39.2 Å². The topological polar surface area (TPSA) is 89.4 Å². The fourth-order valence-electron chi connectivity index (χ4n) is 3.26. The summed E-state index contributed by atoms with van der Waals surface area (Å²) >= 11 is 0. The SMILES string of the molecule is COc1ccc(C=Cc2n[nH]c3ccc(C(=O)NCc4ccco4)c(OC)c23)cc1F. The molecule has 4 rings (SSSR count). The molecule has 8 heteroatoms. The Bertz CT molecular complexity index is 1250. The zero-order valence-corrected chi connectivity index (χ0v) is 16.9. The molecule has 2 heterocycles. The third-order valence-corrected chi connectivity index (χ3v) is 4.77. The van der Waals surface area contributed by atoms with Crippen molar-refractivity contribution in [3.05, 3.63) is 77.1 Å². The van der Waals surface area contributed by atoms with Crippen LogP contribution in [0.15, 0.2) is 53.1 Å². The third-order valence-electron chi connectivity index (χ3n) is 4.77. The molecular weight excluding hydrogens is 401 g/mol. The van der Waals surface area contributed by atoms with Crippen LogP contribution in [0, 0.1) is 5.82 Å². The lowest BCUT2D eigenvalue weighted by Crippen LogP contribution is -2.23. The van der Waals surface area contributed by atoms with Gasteiger partial charge in [-0.2, -0.15) is 5.10 Å². The lowest BCUT2D eigenvalue weighted by Gasteiger charge is -2.10. The monoisotopic (exact) mass is 421 g/mol. The van der Waals surface area contributed by atoms with Crippen molar-refractivity contribution in [1.82, 2.24) is 15.5 Å². The zero-order chi connectivity index (χ0) is 21.8. The van der Waals surface area contributed by atoms with Gasteiger partial charge in [0.1, 0.15) is 11.5 Å². The molecule has 0 radical (unpaired) electrons. The van der Waals surface area contributed by atoms with Crippen molar-refractivity contribution >= 4 is 29.0 Å².